The molecule has 2 saturated heterocycles. The van der Waals surface area contributed by atoms with Crippen molar-refractivity contribution in [3.8, 4) is 0 Å². The number of fused-ring (bicyclic) bond motifs is 1. The molecule has 0 radical (unpaired) electrons. The topological polar surface area (TPSA) is 115 Å². The summed E-state index contributed by atoms with van der Waals surface area (Å²) in [4.78, 5) is 19.7. The maximum absolute atomic E-state index is 13.0. The first-order valence-electron chi connectivity index (χ1n) is 10.2. The van der Waals surface area contributed by atoms with E-state index in [9.17, 15) is 4.79 Å². The maximum Gasteiger partial charge on any atom is 0.246 e. The van der Waals surface area contributed by atoms with Gasteiger partial charge >= 0.3 is 0 Å². The van der Waals surface area contributed by atoms with E-state index in [1.807, 2.05) is 29.3 Å². The van der Waals surface area contributed by atoms with Gasteiger partial charge in [0.1, 0.15) is 11.6 Å². The molecule has 2 aliphatic rings. The van der Waals surface area contributed by atoms with Crippen molar-refractivity contribution >= 4 is 29.0 Å². The van der Waals surface area contributed by atoms with E-state index in [2.05, 4.69) is 31.2 Å². The number of hydrogen-bond donors (Lipinski definition) is 4. The molecule has 10 heteroatoms. The van der Waals surface area contributed by atoms with E-state index in [-0.39, 0.29) is 18.0 Å². The first-order valence-corrected chi connectivity index (χ1v) is 10.2. The monoisotopic (exact) mass is 395 g/mol. The highest BCUT2D eigenvalue weighted by atomic mass is 16.2. The molecule has 5 rings (SSSR count). The molecule has 0 spiro atoms. The molecule has 3 aromatic rings. The van der Waals surface area contributed by atoms with Crippen molar-refractivity contribution in [3.63, 3.8) is 0 Å². The Labute approximate surface area is 168 Å². The Hall–Kier alpha value is -3.14. The van der Waals surface area contributed by atoms with Crippen LogP contribution in [-0.2, 0) is 4.79 Å². The fourth-order valence-electron chi connectivity index (χ4n) is 4.14. The number of rotatable bonds is 5. The molecule has 152 valence electrons. The zero-order valence-electron chi connectivity index (χ0n) is 16.1. The summed E-state index contributed by atoms with van der Waals surface area (Å²) in [6.07, 6.45) is 7.50. The summed E-state index contributed by atoms with van der Waals surface area (Å²) >= 11 is 0. The van der Waals surface area contributed by atoms with Gasteiger partial charge in [0.05, 0.1) is 0 Å². The highest BCUT2D eigenvalue weighted by Gasteiger charge is 2.34. The van der Waals surface area contributed by atoms with Gasteiger partial charge in [-0.3, -0.25) is 9.89 Å². The van der Waals surface area contributed by atoms with Crippen LogP contribution in [0.1, 0.15) is 25.7 Å². The van der Waals surface area contributed by atoms with Crippen molar-refractivity contribution in [3.05, 3.63) is 30.6 Å². The van der Waals surface area contributed by atoms with Crippen molar-refractivity contribution in [1.82, 2.24) is 35.4 Å². The summed E-state index contributed by atoms with van der Waals surface area (Å²) in [5.41, 5.74) is 0.852. The maximum atomic E-state index is 13.0. The summed E-state index contributed by atoms with van der Waals surface area (Å²) < 4.78 is 1.79. The van der Waals surface area contributed by atoms with Crippen LogP contribution in [0, 0.1) is 0 Å². The Bertz CT molecular complexity index is 977. The van der Waals surface area contributed by atoms with Crippen LogP contribution >= 0.6 is 0 Å². The van der Waals surface area contributed by atoms with E-state index in [0.717, 1.165) is 50.8 Å². The molecule has 4 N–H and O–H groups in total. The summed E-state index contributed by atoms with van der Waals surface area (Å²) in [7, 11) is 0. The number of carbonyl (C=O) groups excluding carboxylic acids is 1. The molecule has 0 aromatic carbocycles. The average molecular weight is 395 g/mol. The minimum atomic E-state index is -0.247. The van der Waals surface area contributed by atoms with E-state index >= 15 is 0 Å². The molecule has 1 unspecified atom stereocenters. The summed E-state index contributed by atoms with van der Waals surface area (Å²) in [6, 6.07) is 5.66. The van der Waals surface area contributed by atoms with Crippen LogP contribution in [0.3, 0.4) is 0 Å². The van der Waals surface area contributed by atoms with E-state index < -0.39 is 0 Å². The number of carbonyl (C=O) groups is 1. The van der Waals surface area contributed by atoms with Crippen LogP contribution < -0.4 is 20.9 Å². The zero-order valence-corrected chi connectivity index (χ0v) is 16.1. The zero-order chi connectivity index (χ0) is 19.6. The number of nitrogens with one attached hydrogen (secondary N) is 4. The second-order valence-electron chi connectivity index (χ2n) is 7.59. The Kier molecular flexibility index (Phi) is 4.76. The van der Waals surface area contributed by atoms with Gasteiger partial charge in [-0.1, -0.05) is 0 Å². The molecule has 29 heavy (non-hydrogen) atoms. The second kappa shape index (κ2) is 7.70. The van der Waals surface area contributed by atoms with Gasteiger partial charge in [0.2, 0.25) is 11.9 Å². The first-order chi connectivity index (χ1) is 14.3. The molecule has 0 bridgehead atoms. The van der Waals surface area contributed by atoms with Crippen molar-refractivity contribution in [2.24, 2.45) is 0 Å². The van der Waals surface area contributed by atoms with Crippen LogP contribution in [0.5, 0.6) is 0 Å². The third kappa shape index (κ3) is 3.63. The Balaban J connectivity index is 1.40. The largest absolute Gasteiger partial charge is 0.350 e. The molecule has 2 fully saturated rings. The van der Waals surface area contributed by atoms with E-state index in [1.165, 1.54) is 0 Å². The minimum Gasteiger partial charge on any atom is -0.350 e. The lowest BCUT2D eigenvalue weighted by Crippen LogP contribution is -2.51. The number of aromatic amines is 1. The average Bonchev–Trinajstić information content (AvgIpc) is 3.49. The summed E-state index contributed by atoms with van der Waals surface area (Å²) in [5, 5.41) is 21.4. The second-order valence-corrected chi connectivity index (χ2v) is 7.59. The molecule has 0 saturated carbocycles. The van der Waals surface area contributed by atoms with E-state index in [1.54, 1.807) is 10.7 Å². The van der Waals surface area contributed by atoms with Gasteiger partial charge in [0.25, 0.3) is 0 Å². The molecule has 2 aliphatic heterocycles. The molecule has 3 aromatic heterocycles. The van der Waals surface area contributed by atoms with Crippen LogP contribution in [-0.4, -0.2) is 62.4 Å². The van der Waals surface area contributed by atoms with Gasteiger partial charge in [0.15, 0.2) is 11.6 Å². The van der Waals surface area contributed by atoms with Gasteiger partial charge in [0, 0.05) is 37.6 Å². The van der Waals surface area contributed by atoms with Crippen LogP contribution in [0.2, 0.25) is 0 Å². The predicted molar refractivity (Wildman–Crippen MR) is 109 cm³/mol. The number of amides is 1. The lowest BCUT2D eigenvalue weighted by atomic mass is 10.1. The number of nitrogens with zero attached hydrogens (tertiary/aromatic N) is 5. The predicted octanol–water partition coefficient (Wildman–Crippen LogP) is 1.03. The van der Waals surface area contributed by atoms with Crippen LogP contribution in [0.25, 0.3) is 5.52 Å². The van der Waals surface area contributed by atoms with Crippen molar-refractivity contribution in [1.29, 1.82) is 0 Å². The lowest BCUT2D eigenvalue weighted by Gasteiger charge is -2.28. The minimum absolute atomic E-state index is 0.0641. The summed E-state index contributed by atoms with van der Waals surface area (Å²) in [6.45, 7) is 2.62. The van der Waals surface area contributed by atoms with Gasteiger partial charge in [-0.15, -0.1) is 5.10 Å². The molecule has 1 amide bonds. The molecule has 10 nitrogen and oxygen atoms in total. The molecular formula is C19H25N9O. The standard InChI is InChI=1S/C19H25N9O/c29-18(22-13-4-1-8-20-12-13)15-6-2-10-27(15)19-24-17(23-16-7-9-21-25-16)14-5-3-11-28(14)26-19/h3,5,7,9,11,13,15,20H,1-2,4,6,8,10,12H2,(H,22,29)(H2,21,23,24,25,26)/t13?,15-/m0/s1. The lowest BCUT2D eigenvalue weighted by molar-refractivity contribution is -0.123. The Morgan fingerprint density at radius 3 is 3.03 bits per heavy atom. The first kappa shape index (κ1) is 17.9. The Morgan fingerprint density at radius 2 is 2.21 bits per heavy atom. The molecular weight excluding hydrogens is 370 g/mol. The van der Waals surface area contributed by atoms with E-state index in [0.29, 0.717) is 17.6 Å². The Morgan fingerprint density at radius 1 is 1.24 bits per heavy atom. The van der Waals surface area contributed by atoms with Crippen LogP contribution in [0.15, 0.2) is 30.6 Å². The fraction of sp³-hybridized carbons (Fsp3) is 0.474. The number of H-pyrrole nitrogens is 1. The number of piperidine rings is 1. The van der Waals surface area contributed by atoms with Gasteiger partial charge in [-0.25, -0.2) is 4.52 Å². The van der Waals surface area contributed by atoms with Crippen molar-refractivity contribution in [2.45, 2.75) is 37.8 Å². The number of hydrogen-bond acceptors (Lipinski definition) is 7. The van der Waals surface area contributed by atoms with Crippen LogP contribution in [0.4, 0.5) is 17.6 Å². The quantitative estimate of drug-likeness (QED) is 0.510. The number of anilines is 3. The van der Waals surface area contributed by atoms with Gasteiger partial charge < -0.3 is 20.9 Å². The SMILES string of the molecule is O=C(NC1CCCNC1)[C@@H]1CCCN1c1nc(Nc2cc[nH]n2)c2cccn2n1. The molecule has 5 heterocycles. The molecule has 2 atom stereocenters. The highest BCUT2D eigenvalue weighted by molar-refractivity contribution is 5.86. The van der Waals surface area contributed by atoms with Gasteiger partial charge in [-0.05, 0) is 44.4 Å². The summed E-state index contributed by atoms with van der Waals surface area (Å²) in [5.74, 6) is 1.95. The van der Waals surface area contributed by atoms with Gasteiger partial charge in [-0.2, -0.15) is 10.1 Å². The van der Waals surface area contributed by atoms with Crippen molar-refractivity contribution in [2.75, 3.05) is 29.9 Å². The smallest absolute Gasteiger partial charge is 0.246 e. The fourth-order valence-corrected chi connectivity index (χ4v) is 4.14. The normalized spacial score (nSPS) is 22.1. The third-order valence-corrected chi connectivity index (χ3v) is 5.58. The van der Waals surface area contributed by atoms with Crippen molar-refractivity contribution < 1.29 is 4.79 Å². The van der Waals surface area contributed by atoms with E-state index in [4.69, 9.17) is 4.98 Å². The molecule has 0 aliphatic carbocycles. The highest BCUT2D eigenvalue weighted by Crippen LogP contribution is 2.26. The third-order valence-electron chi connectivity index (χ3n) is 5.58. The number of aromatic nitrogens is 5.